The van der Waals surface area contributed by atoms with E-state index in [1.165, 1.54) is 0 Å². The number of aliphatic hydroxyl groups is 1. The Labute approximate surface area is 119 Å². The van der Waals surface area contributed by atoms with Crippen molar-refractivity contribution in [3.63, 3.8) is 0 Å². The van der Waals surface area contributed by atoms with Gasteiger partial charge >= 0.3 is 0 Å². The average Bonchev–Trinajstić information content (AvgIpc) is 2.38. The third-order valence-corrected chi connectivity index (χ3v) is 3.22. The van der Waals surface area contributed by atoms with Gasteiger partial charge in [-0.05, 0) is 17.7 Å². The molecule has 0 atom stereocenters. The molecule has 2 nitrogen and oxygen atoms in total. The molecule has 1 N–H and O–H groups in total. The normalized spacial score (nSPS) is 10.4. The first-order valence-electron chi connectivity index (χ1n) is 5.46. The third-order valence-electron chi connectivity index (χ3n) is 2.48. The van der Waals surface area contributed by atoms with Crippen molar-refractivity contribution in [1.29, 1.82) is 0 Å². The predicted molar refractivity (Wildman–Crippen MR) is 75.8 cm³/mol. The summed E-state index contributed by atoms with van der Waals surface area (Å²) >= 11 is 9.45. The van der Waals surface area contributed by atoms with E-state index >= 15 is 0 Å². The van der Waals surface area contributed by atoms with Crippen LogP contribution in [0.2, 0.25) is 5.02 Å². The Morgan fingerprint density at radius 2 is 1.89 bits per heavy atom. The molecule has 0 saturated heterocycles. The molecule has 0 spiro atoms. The van der Waals surface area contributed by atoms with Crippen molar-refractivity contribution in [2.45, 2.75) is 13.2 Å². The van der Waals surface area contributed by atoms with Crippen LogP contribution in [0.3, 0.4) is 0 Å². The van der Waals surface area contributed by atoms with Crippen molar-refractivity contribution < 1.29 is 9.84 Å². The van der Waals surface area contributed by atoms with Gasteiger partial charge in [-0.2, -0.15) is 0 Å². The maximum atomic E-state index is 9.31. The molecule has 0 heterocycles. The molecule has 0 aromatic heterocycles. The SMILES string of the molecule is OCc1cc(Br)cc(Cl)c1OCc1ccccc1. The highest BCUT2D eigenvalue weighted by atomic mass is 79.9. The molecular weight excluding hydrogens is 316 g/mol. The van der Waals surface area contributed by atoms with E-state index in [1.807, 2.05) is 30.3 Å². The number of hydrogen-bond acceptors (Lipinski definition) is 2. The van der Waals surface area contributed by atoms with Crippen molar-refractivity contribution in [2.75, 3.05) is 0 Å². The number of hydrogen-bond donors (Lipinski definition) is 1. The van der Waals surface area contributed by atoms with Crippen LogP contribution in [-0.2, 0) is 13.2 Å². The molecule has 0 aliphatic rings. The lowest BCUT2D eigenvalue weighted by atomic mass is 10.2. The molecule has 4 heteroatoms. The summed E-state index contributed by atoms with van der Waals surface area (Å²) in [7, 11) is 0. The lowest BCUT2D eigenvalue weighted by Crippen LogP contribution is -1.99. The van der Waals surface area contributed by atoms with Crippen LogP contribution in [0, 0.1) is 0 Å². The predicted octanol–water partition coefficient (Wildman–Crippen LogP) is 4.17. The molecule has 0 amide bonds. The summed E-state index contributed by atoms with van der Waals surface area (Å²) in [6, 6.07) is 13.4. The Bertz CT molecular complexity index is 529. The first kappa shape index (κ1) is 13.4. The Hall–Kier alpha value is -1.03. The van der Waals surface area contributed by atoms with Crippen LogP contribution < -0.4 is 4.74 Å². The van der Waals surface area contributed by atoms with Crippen LogP contribution in [0.5, 0.6) is 5.75 Å². The van der Waals surface area contributed by atoms with Gasteiger partial charge in [-0.3, -0.25) is 0 Å². The second-order valence-corrected chi connectivity index (χ2v) is 5.13. The summed E-state index contributed by atoms with van der Waals surface area (Å²) in [5.74, 6) is 0.534. The zero-order chi connectivity index (χ0) is 13.0. The van der Waals surface area contributed by atoms with Crippen molar-refractivity contribution in [3.8, 4) is 5.75 Å². The Morgan fingerprint density at radius 1 is 1.17 bits per heavy atom. The van der Waals surface area contributed by atoms with Crippen LogP contribution in [-0.4, -0.2) is 5.11 Å². The van der Waals surface area contributed by atoms with Gasteiger partial charge in [0.15, 0.2) is 0 Å². The minimum atomic E-state index is -0.108. The van der Waals surface area contributed by atoms with Crippen LogP contribution in [0.4, 0.5) is 0 Å². The summed E-state index contributed by atoms with van der Waals surface area (Å²) in [6.45, 7) is 0.318. The maximum absolute atomic E-state index is 9.31. The van der Waals surface area contributed by atoms with E-state index in [-0.39, 0.29) is 6.61 Å². The zero-order valence-electron chi connectivity index (χ0n) is 9.57. The van der Waals surface area contributed by atoms with Gasteiger partial charge in [0.25, 0.3) is 0 Å². The molecule has 0 fully saturated rings. The fourth-order valence-electron chi connectivity index (χ4n) is 1.62. The molecular formula is C14H12BrClO2. The third kappa shape index (κ3) is 3.25. The van der Waals surface area contributed by atoms with Crippen LogP contribution in [0.1, 0.15) is 11.1 Å². The van der Waals surface area contributed by atoms with Gasteiger partial charge in [0, 0.05) is 10.0 Å². The number of benzene rings is 2. The van der Waals surface area contributed by atoms with Gasteiger partial charge in [-0.1, -0.05) is 57.9 Å². The number of aliphatic hydroxyl groups excluding tert-OH is 1. The Kier molecular flexibility index (Phi) is 4.64. The molecule has 0 unspecified atom stereocenters. The number of rotatable bonds is 4. The van der Waals surface area contributed by atoms with E-state index in [2.05, 4.69) is 15.9 Å². The molecule has 2 aromatic carbocycles. The lowest BCUT2D eigenvalue weighted by molar-refractivity contribution is 0.259. The van der Waals surface area contributed by atoms with E-state index in [0.29, 0.717) is 22.9 Å². The molecule has 0 aliphatic heterocycles. The maximum Gasteiger partial charge on any atom is 0.143 e. The summed E-state index contributed by atoms with van der Waals surface area (Å²) in [4.78, 5) is 0. The molecule has 0 aliphatic carbocycles. The van der Waals surface area contributed by atoms with Gasteiger partial charge < -0.3 is 9.84 Å². The highest BCUT2D eigenvalue weighted by molar-refractivity contribution is 9.10. The fourth-order valence-corrected chi connectivity index (χ4v) is 2.55. The first-order chi connectivity index (χ1) is 8.70. The summed E-state index contributed by atoms with van der Waals surface area (Å²) in [5, 5.41) is 9.80. The second-order valence-electron chi connectivity index (χ2n) is 3.81. The zero-order valence-corrected chi connectivity index (χ0v) is 11.9. The van der Waals surface area contributed by atoms with Gasteiger partial charge in [-0.15, -0.1) is 0 Å². The van der Waals surface area contributed by atoms with Gasteiger partial charge in [0.05, 0.1) is 11.6 Å². The summed E-state index contributed by atoms with van der Waals surface area (Å²) < 4.78 is 6.51. The standard InChI is InChI=1S/C14H12BrClO2/c15-12-6-11(8-17)14(13(16)7-12)18-9-10-4-2-1-3-5-10/h1-7,17H,8-9H2. The number of halogens is 2. The van der Waals surface area contributed by atoms with E-state index in [4.69, 9.17) is 16.3 Å². The molecule has 0 bridgehead atoms. The molecule has 2 aromatic rings. The van der Waals surface area contributed by atoms with E-state index < -0.39 is 0 Å². The summed E-state index contributed by atoms with van der Waals surface area (Å²) in [5.41, 5.74) is 1.73. The topological polar surface area (TPSA) is 29.5 Å². The molecule has 18 heavy (non-hydrogen) atoms. The van der Waals surface area contributed by atoms with Gasteiger partial charge in [0.1, 0.15) is 12.4 Å². The van der Waals surface area contributed by atoms with Crippen molar-refractivity contribution in [2.24, 2.45) is 0 Å². The minimum Gasteiger partial charge on any atom is -0.487 e. The van der Waals surface area contributed by atoms with Crippen molar-refractivity contribution in [1.82, 2.24) is 0 Å². The van der Waals surface area contributed by atoms with Crippen LogP contribution >= 0.6 is 27.5 Å². The second kappa shape index (κ2) is 6.23. The lowest BCUT2D eigenvalue weighted by Gasteiger charge is -2.12. The number of ether oxygens (including phenoxy) is 1. The smallest absolute Gasteiger partial charge is 0.143 e. The molecule has 0 saturated carbocycles. The van der Waals surface area contributed by atoms with Gasteiger partial charge in [0.2, 0.25) is 0 Å². The minimum absolute atomic E-state index is 0.108. The quantitative estimate of drug-likeness (QED) is 0.913. The van der Waals surface area contributed by atoms with E-state index in [9.17, 15) is 5.11 Å². The van der Waals surface area contributed by atoms with E-state index in [0.717, 1.165) is 10.0 Å². The summed E-state index contributed by atoms with van der Waals surface area (Å²) in [6.07, 6.45) is 0. The highest BCUT2D eigenvalue weighted by Gasteiger charge is 2.10. The van der Waals surface area contributed by atoms with Crippen LogP contribution in [0.25, 0.3) is 0 Å². The first-order valence-corrected chi connectivity index (χ1v) is 6.63. The van der Waals surface area contributed by atoms with Crippen LogP contribution in [0.15, 0.2) is 46.9 Å². The fraction of sp³-hybridized carbons (Fsp3) is 0.143. The average molecular weight is 328 g/mol. The largest absolute Gasteiger partial charge is 0.487 e. The monoisotopic (exact) mass is 326 g/mol. The molecule has 94 valence electrons. The molecule has 2 rings (SSSR count). The van der Waals surface area contributed by atoms with E-state index in [1.54, 1.807) is 12.1 Å². The van der Waals surface area contributed by atoms with Crippen molar-refractivity contribution in [3.05, 3.63) is 63.1 Å². The van der Waals surface area contributed by atoms with Crippen molar-refractivity contribution >= 4 is 27.5 Å². The molecule has 0 radical (unpaired) electrons. The highest BCUT2D eigenvalue weighted by Crippen LogP contribution is 2.33. The Balaban J connectivity index is 2.19. The van der Waals surface area contributed by atoms with Gasteiger partial charge in [-0.25, -0.2) is 0 Å². The Morgan fingerprint density at radius 3 is 2.56 bits per heavy atom.